The zero-order valence-corrected chi connectivity index (χ0v) is 11.8. The third-order valence-corrected chi connectivity index (χ3v) is 6.59. The zero-order valence-electron chi connectivity index (χ0n) is 11.8. The summed E-state index contributed by atoms with van der Waals surface area (Å²) in [6, 6.07) is 0.889. The molecule has 2 nitrogen and oxygen atoms in total. The maximum atomic E-state index is 3.96. The molecule has 1 aliphatic heterocycles. The molecule has 2 heteroatoms. The molecule has 0 aromatic carbocycles. The Morgan fingerprint density at radius 2 is 1.94 bits per heavy atom. The molecule has 3 saturated carbocycles. The van der Waals surface area contributed by atoms with Crippen LogP contribution >= 0.6 is 0 Å². The van der Waals surface area contributed by atoms with E-state index in [2.05, 4.69) is 17.3 Å². The second-order valence-electron chi connectivity index (χ2n) is 7.59. The van der Waals surface area contributed by atoms with Crippen LogP contribution in [0, 0.1) is 29.6 Å². The molecule has 4 rings (SSSR count). The third-order valence-electron chi connectivity index (χ3n) is 6.59. The highest BCUT2D eigenvalue weighted by molar-refractivity contribution is 5.05. The maximum absolute atomic E-state index is 3.96. The van der Waals surface area contributed by atoms with Crippen molar-refractivity contribution in [1.29, 1.82) is 0 Å². The standard InChI is InChI=1S/C16H28N2/c1-18-6-5-11(10-18)9-17-16-8-12-7-15(16)14-4-2-3-13(12)14/h11-17H,2-10H2,1H3. The lowest BCUT2D eigenvalue weighted by atomic mass is 9.79. The minimum atomic E-state index is 0.889. The van der Waals surface area contributed by atoms with Gasteiger partial charge in [0, 0.05) is 12.6 Å². The smallest absolute Gasteiger partial charge is 0.0101 e. The van der Waals surface area contributed by atoms with Crippen LogP contribution in [-0.2, 0) is 0 Å². The maximum Gasteiger partial charge on any atom is 0.0101 e. The van der Waals surface area contributed by atoms with Gasteiger partial charge in [-0.2, -0.15) is 0 Å². The normalized spacial score (nSPS) is 51.2. The summed E-state index contributed by atoms with van der Waals surface area (Å²) in [7, 11) is 2.26. The molecule has 0 spiro atoms. The molecule has 4 fully saturated rings. The van der Waals surface area contributed by atoms with Crippen molar-refractivity contribution in [3.8, 4) is 0 Å². The van der Waals surface area contributed by atoms with Gasteiger partial charge in [0.1, 0.15) is 0 Å². The van der Waals surface area contributed by atoms with Gasteiger partial charge in [-0.15, -0.1) is 0 Å². The lowest BCUT2D eigenvalue weighted by Gasteiger charge is -2.32. The van der Waals surface area contributed by atoms with E-state index in [1.165, 1.54) is 38.9 Å². The van der Waals surface area contributed by atoms with Gasteiger partial charge in [-0.3, -0.25) is 0 Å². The molecule has 0 aromatic rings. The minimum absolute atomic E-state index is 0.889. The van der Waals surface area contributed by atoms with Crippen LogP contribution < -0.4 is 5.32 Å². The van der Waals surface area contributed by atoms with E-state index in [0.717, 1.165) is 35.6 Å². The second kappa shape index (κ2) is 4.49. The van der Waals surface area contributed by atoms with Crippen molar-refractivity contribution in [1.82, 2.24) is 10.2 Å². The molecular formula is C16H28N2. The predicted octanol–water partition coefficient (Wildman–Crippen LogP) is 2.35. The van der Waals surface area contributed by atoms with E-state index in [1.807, 2.05) is 0 Å². The number of nitrogens with one attached hydrogen (secondary N) is 1. The first-order valence-corrected chi connectivity index (χ1v) is 8.23. The fraction of sp³-hybridized carbons (Fsp3) is 1.00. The van der Waals surface area contributed by atoms with E-state index < -0.39 is 0 Å². The first kappa shape index (κ1) is 11.7. The summed E-state index contributed by atoms with van der Waals surface area (Å²) >= 11 is 0. The minimum Gasteiger partial charge on any atom is -0.313 e. The highest BCUT2D eigenvalue weighted by Gasteiger charge is 2.53. The van der Waals surface area contributed by atoms with Crippen LogP contribution in [0.25, 0.3) is 0 Å². The number of fused-ring (bicyclic) bond motifs is 5. The Labute approximate surface area is 111 Å². The van der Waals surface area contributed by atoms with Crippen molar-refractivity contribution in [3.05, 3.63) is 0 Å². The topological polar surface area (TPSA) is 15.3 Å². The molecule has 3 aliphatic carbocycles. The van der Waals surface area contributed by atoms with Crippen LogP contribution in [0.5, 0.6) is 0 Å². The molecular weight excluding hydrogens is 220 g/mol. The van der Waals surface area contributed by atoms with Crippen molar-refractivity contribution in [2.45, 2.75) is 44.6 Å². The van der Waals surface area contributed by atoms with Gasteiger partial charge in [0.05, 0.1) is 0 Å². The van der Waals surface area contributed by atoms with Crippen LogP contribution in [0.15, 0.2) is 0 Å². The van der Waals surface area contributed by atoms with E-state index >= 15 is 0 Å². The van der Waals surface area contributed by atoms with E-state index in [0.29, 0.717) is 0 Å². The Balaban J connectivity index is 1.32. The van der Waals surface area contributed by atoms with Crippen molar-refractivity contribution < 1.29 is 0 Å². The van der Waals surface area contributed by atoms with Gasteiger partial charge in [0.25, 0.3) is 0 Å². The summed E-state index contributed by atoms with van der Waals surface area (Å²) in [4.78, 5) is 2.49. The number of hydrogen-bond donors (Lipinski definition) is 1. The van der Waals surface area contributed by atoms with E-state index in [-0.39, 0.29) is 0 Å². The molecule has 6 unspecified atom stereocenters. The van der Waals surface area contributed by atoms with Crippen LogP contribution in [0.2, 0.25) is 0 Å². The molecule has 0 aromatic heterocycles. The first-order valence-electron chi connectivity index (χ1n) is 8.23. The van der Waals surface area contributed by atoms with Gasteiger partial charge in [-0.05, 0) is 81.8 Å². The van der Waals surface area contributed by atoms with Crippen LogP contribution in [0.1, 0.15) is 38.5 Å². The number of nitrogens with zero attached hydrogens (tertiary/aromatic N) is 1. The first-order chi connectivity index (χ1) is 8.81. The predicted molar refractivity (Wildman–Crippen MR) is 74.4 cm³/mol. The monoisotopic (exact) mass is 248 g/mol. The average Bonchev–Trinajstić information content (AvgIpc) is 3.08. The SMILES string of the molecule is CN1CCC(CNC2CC3CC2C2CCCC32)C1. The van der Waals surface area contributed by atoms with Gasteiger partial charge in [0.2, 0.25) is 0 Å². The second-order valence-corrected chi connectivity index (χ2v) is 7.59. The summed E-state index contributed by atoms with van der Waals surface area (Å²) in [5.74, 6) is 5.35. The molecule has 102 valence electrons. The van der Waals surface area contributed by atoms with E-state index in [4.69, 9.17) is 0 Å². The Bertz CT molecular complexity index is 316. The van der Waals surface area contributed by atoms with Crippen LogP contribution in [0.4, 0.5) is 0 Å². The Morgan fingerprint density at radius 3 is 2.78 bits per heavy atom. The molecule has 1 heterocycles. The highest BCUT2D eigenvalue weighted by atomic mass is 15.1. The largest absolute Gasteiger partial charge is 0.313 e. The van der Waals surface area contributed by atoms with Gasteiger partial charge < -0.3 is 10.2 Å². The molecule has 1 N–H and O–H groups in total. The van der Waals surface area contributed by atoms with Crippen molar-refractivity contribution in [3.63, 3.8) is 0 Å². The molecule has 6 atom stereocenters. The number of likely N-dealkylation sites (tertiary alicyclic amines) is 1. The number of rotatable bonds is 3. The Hall–Kier alpha value is -0.0800. The number of hydrogen-bond acceptors (Lipinski definition) is 2. The lowest BCUT2D eigenvalue weighted by molar-refractivity contribution is 0.204. The summed E-state index contributed by atoms with van der Waals surface area (Å²) in [5, 5.41) is 3.96. The van der Waals surface area contributed by atoms with Crippen molar-refractivity contribution >= 4 is 0 Å². The summed E-state index contributed by atoms with van der Waals surface area (Å²) in [5.41, 5.74) is 0. The highest BCUT2D eigenvalue weighted by Crippen LogP contribution is 2.58. The molecule has 2 bridgehead atoms. The molecule has 1 saturated heterocycles. The zero-order chi connectivity index (χ0) is 12.1. The van der Waals surface area contributed by atoms with Crippen molar-refractivity contribution in [2.24, 2.45) is 29.6 Å². The molecule has 0 amide bonds. The third kappa shape index (κ3) is 1.84. The summed E-state index contributed by atoms with van der Waals surface area (Å²) in [6.07, 6.45) is 9.13. The average molecular weight is 248 g/mol. The Kier molecular flexibility index (Phi) is 2.92. The molecule has 4 aliphatic rings. The molecule has 18 heavy (non-hydrogen) atoms. The van der Waals surface area contributed by atoms with Gasteiger partial charge in [0.15, 0.2) is 0 Å². The van der Waals surface area contributed by atoms with Crippen LogP contribution in [0.3, 0.4) is 0 Å². The van der Waals surface area contributed by atoms with E-state index in [1.54, 1.807) is 19.3 Å². The van der Waals surface area contributed by atoms with Crippen molar-refractivity contribution in [2.75, 3.05) is 26.7 Å². The quantitative estimate of drug-likeness (QED) is 0.825. The van der Waals surface area contributed by atoms with Gasteiger partial charge in [-0.1, -0.05) is 6.42 Å². The Morgan fingerprint density at radius 1 is 1.06 bits per heavy atom. The lowest BCUT2D eigenvalue weighted by Crippen LogP contribution is -2.41. The van der Waals surface area contributed by atoms with Gasteiger partial charge in [-0.25, -0.2) is 0 Å². The summed E-state index contributed by atoms with van der Waals surface area (Å²) < 4.78 is 0. The fourth-order valence-electron chi connectivity index (χ4n) is 5.81. The summed E-state index contributed by atoms with van der Waals surface area (Å²) in [6.45, 7) is 3.92. The van der Waals surface area contributed by atoms with E-state index in [9.17, 15) is 0 Å². The fourth-order valence-corrected chi connectivity index (χ4v) is 5.81. The van der Waals surface area contributed by atoms with Crippen LogP contribution in [-0.4, -0.2) is 37.6 Å². The van der Waals surface area contributed by atoms with Gasteiger partial charge >= 0.3 is 0 Å². The molecule has 0 radical (unpaired) electrons.